The van der Waals surface area contributed by atoms with E-state index < -0.39 is 0 Å². The van der Waals surface area contributed by atoms with Crippen LogP contribution in [0.4, 0.5) is 11.4 Å². The first-order valence-electron chi connectivity index (χ1n) is 7.04. The number of esters is 1. The maximum Gasteiger partial charge on any atom is 0.338 e. The van der Waals surface area contributed by atoms with Crippen LogP contribution >= 0.6 is 0 Å². The number of nitrogen functional groups attached to an aromatic ring is 1. The van der Waals surface area contributed by atoms with Crippen LogP contribution in [0.1, 0.15) is 30.6 Å². The third-order valence-corrected chi connectivity index (χ3v) is 3.65. The lowest BCUT2D eigenvalue weighted by atomic mass is 10.0. The van der Waals surface area contributed by atoms with Crippen molar-refractivity contribution >= 4 is 17.3 Å². The van der Waals surface area contributed by atoms with Crippen molar-refractivity contribution in [2.45, 2.75) is 26.4 Å². The molecule has 0 amide bonds. The van der Waals surface area contributed by atoms with E-state index in [-0.39, 0.29) is 12.1 Å². The molecule has 2 unspecified atom stereocenters. The molecule has 3 N–H and O–H groups in total. The molecular weight excluding hydrogens is 256 g/mol. The zero-order valence-electron chi connectivity index (χ0n) is 12.0. The van der Waals surface area contributed by atoms with Gasteiger partial charge in [0.15, 0.2) is 0 Å². The molecule has 0 radical (unpaired) electrons. The topological polar surface area (TPSA) is 73.6 Å². The van der Waals surface area contributed by atoms with E-state index in [1.807, 2.05) is 6.07 Å². The molecule has 1 heterocycles. The summed E-state index contributed by atoms with van der Waals surface area (Å²) in [4.78, 5) is 11.6. The predicted molar refractivity (Wildman–Crippen MR) is 78.8 cm³/mol. The number of anilines is 2. The number of ether oxygens (including phenoxy) is 2. The van der Waals surface area contributed by atoms with E-state index in [4.69, 9.17) is 15.2 Å². The van der Waals surface area contributed by atoms with Crippen LogP contribution in [0.3, 0.4) is 0 Å². The van der Waals surface area contributed by atoms with Gasteiger partial charge in [-0.15, -0.1) is 0 Å². The fourth-order valence-corrected chi connectivity index (χ4v) is 2.35. The van der Waals surface area contributed by atoms with E-state index >= 15 is 0 Å². The molecule has 110 valence electrons. The Kier molecular flexibility index (Phi) is 4.84. The molecule has 20 heavy (non-hydrogen) atoms. The Bertz CT molecular complexity index is 476. The smallest absolute Gasteiger partial charge is 0.338 e. The minimum Gasteiger partial charge on any atom is -0.462 e. The Morgan fingerprint density at radius 3 is 2.95 bits per heavy atom. The first kappa shape index (κ1) is 14.7. The number of carbonyl (C=O) groups excluding carboxylic acids is 1. The van der Waals surface area contributed by atoms with Crippen LogP contribution < -0.4 is 11.1 Å². The van der Waals surface area contributed by atoms with Crippen molar-refractivity contribution in [3.63, 3.8) is 0 Å². The van der Waals surface area contributed by atoms with E-state index in [0.717, 1.165) is 25.3 Å². The Morgan fingerprint density at radius 2 is 2.35 bits per heavy atom. The number of rotatable bonds is 5. The fourth-order valence-electron chi connectivity index (χ4n) is 2.35. The number of carbonyl (C=O) groups is 1. The second kappa shape index (κ2) is 6.61. The lowest BCUT2D eigenvalue weighted by Gasteiger charge is -2.17. The second-order valence-corrected chi connectivity index (χ2v) is 5.03. The fraction of sp³-hybridized carbons (Fsp3) is 0.533. The molecule has 1 aromatic rings. The summed E-state index contributed by atoms with van der Waals surface area (Å²) in [7, 11) is 0. The van der Waals surface area contributed by atoms with Crippen molar-refractivity contribution < 1.29 is 14.3 Å². The van der Waals surface area contributed by atoms with Crippen LogP contribution in [0, 0.1) is 5.92 Å². The third kappa shape index (κ3) is 3.42. The predicted octanol–water partition coefficient (Wildman–Crippen LogP) is 2.28. The molecule has 0 spiro atoms. The van der Waals surface area contributed by atoms with Gasteiger partial charge in [-0.2, -0.15) is 0 Å². The summed E-state index contributed by atoms with van der Waals surface area (Å²) < 4.78 is 10.5. The molecule has 1 aromatic carbocycles. The van der Waals surface area contributed by atoms with E-state index in [2.05, 4.69) is 12.2 Å². The number of nitrogens with two attached hydrogens (primary N) is 1. The number of benzene rings is 1. The summed E-state index contributed by atoms with van der Waals surface area (Å²) in [6, 6.07) is 5.20. The van der Waals surface area contributed by atoms with Crippen molar-refractivity contribution in [2.24, 2.45) is 5.92 Å². The molecule has 5 nitrogen and oxygen atoms in total. The summed E-state index contributed by atoms with van der Waals surface area (Å²) in [6.07, 6.45) is 1.34. The summed E-state index contributed by atoms with van der Waals surface area (Å²) in [5.74, 6) is 0.155. The molecule has 1 fully saturated rings. The molecule has 1 saturated heterocycles. The quantitative estimate of drug-likeness (QED) is 0.638. The van der Waals surface area contributed by atoms with E-state index in [9.17, 15) is 4.79 Å². The normalized spacial score (nSPS) is 21.7. The van der Waals surface area contributed by atoms with Crippen LogP contribution in [0.25, 0.3) is 0 Å². The van der Waals surface area contributed by atoms with Crippen molar-refractivity contribution in [3.8, 4) is 0 Å². The first-order chi connectivity index (χ1) is 9.61. The minimum absolute atomic E-state index is 0.280. The highest BCUT2D eigenvalue weighted by Crippen LogP contribution is 2.24. The standard InChI is InChI=1S/C15H22N2O3/c1-3-19-15(18)11-4-5-14(13(16)8-11)17-9-12-6-7-20-10(12)2/h4-5,8,10,12,17H,3,6-7,9,16H2,1-2H3. The Morgan fingerprint density at radius 1 is 1.55 bits per heavy atom. The molecule has 0 saturated carbocycles. The van der Waals surface area contributed by atoms with Gasteiger partial charge in [0, 0.05) is 19.1 Å². The van der Waals surface area contributed by atoms with Gasteiger partial charge in [0.1, 0.15) is 0 Å². The van der Waals surface area contributed by atoms with E-state index in [1.54, 1.807) is 19.1 Å². The SMILES string of the molecule is CCOC(=O)c1ccc(NCC2CCOC2C)c(N)c1. The molecule has 2 atom stereocenters. The average Bonchev–Trinajstić information content (AvgIpc) is 2.83. The molecule has 0 aromatic heterocycles. The van der Waals surface area contributed by atoms with E-state index in [0.29, 0.717) is 23.8 Å². The monoisotopic (exact) mass is 278 g/mol. The van der Waals surface area contributed by atoms with Crippen molar-refractivity contribution in [1.29, 1.82) is 0 Å². The second-order valence-electron chi connectivity index (χ2n) is 5.03. The van der Waals surface area contributed by atoms with Gasteiger partial charge in [-0.1, -0.05) is 0 Å². The van der Waals surface area contributed by atoms with Gasteiger partial charge in [-0.25, -0.2) is 4.79 Å². The van der Waals surface area contributed by atoms with Crippen molar-refractivity contribution in [2.75, 3.05) is 30.8 Å². The zero-order valence-corrected chi connectivity index (χ0v) is 12.0. The molecule has 0 bridgehead atoms. The van der Waals surface area contributed by atoms with Gasteiger partial charge in [-0.05, 0) is 38.5 Å². The van der Waals surface area contributed by atoms with Crippen molar-refractivity contribution in [1.82, 2.24) is 0 Å². The number of hydrogen-bond donors (Lipinski definition) is 2. The van der Waals surface area contributed by atoms with Crippen LogP contribution in [-0.4, -0.2) is 31.8 Å². The van der Waals surface area contributed by atoms with Crippen LogP contribution in [-0.2, 0) is 9.47 Å². The van der Waals surface area contributed by atoms with Gasteiger partial charge >= 0.3 is 5.97 Å². The Hall–Kier alpha value is -1.75. The maximum atomic E-state index is 11.6. The highest BCUT2D eigenvalue weighted by Gasteiger charge is 2.23. The number of nitrogens with one attached hydrogen (secondary N) is 1. The van der Waals surface area contributed by atoms with Crippen molar-refractivity contribution in [3.05, 3.63) is 23.8 Å². The van der Waals surface area contributed by atoms with Gasteiger partial charge in [0.2, 0.25) is 0 Å². The molecular formula is C15H22N2O3. The van der Waals surface area contributed by atoms with E-state index in [1.165, 1.54) is 0 Å². The number of hydrogen-bond acceptors (Lipinski definition) is 5. The highest BCUT2D eigenvalue weighted by atomic mass is 16.5. The lowest BCUT2D eigenvalue weighted by molar-refractivity contribution is 0.0526. The zero-order chi connectivity index (χ0) is 14.5. The Labute approximate surface area is 119 Å². The summed E-state index contributed by atoms with van der Waals surface area (Å²) in [5, 5.41) is 3.33. The first-order valence-corrected chi connectivity index (χ1v) is 7.04. The molecule has 1 aliphatic heterocycles. The largest absolute Gasteiger partial charge is 0.462 e. The molecule has 5 heteroatoms. The Balaban J connectivity index is 1.97. The van der Waals surface area contributed by atoms with Crippen LogP contribution in [0.2, 0.25) is 0 Å². The van der Waals surface area contributed by atoms with Gasteiger partial charge in [0.05, 0.1) is 29.6 Å². The van der Waals surface area contributed by atoms with Gasteiger partial charge in [0.25, 0.3) is 0 Å². The van der Waals surface area contributed by atoms with Crippen LogP contribution in [0.5, 0.6) is 0 Å². The van der Waals surface area contributed by atoms with Gasteiger partial charge < -0.3 is 20.5 Å². The average molecular weight is 278 g/mol. The molecule has 1 aliphatic rings. The lowest BCUT2D eigenvalue weighted by Crippen LogP contribution is -2.21. The summed E-state index contributed by atoms with van der Waals surface area (Å²) in [5.41, 5.74) is 7.85. The highest BCUT2D eigenvalue weighted by molar-refractivity contribution is 5.91. The summed E-state index contributed by atoms with van der Waals surface area (Å²) in [6.45, 7) is 5.88. The van der Waals surface area contributed by atoms with Crippen LogP contribution in [0.15, 0.2) is 18.2 Å². The third-order valence-electron chi connectivity index (χ3n) is 3.65. The minimum atomic E-state index is -0.344. The summed E-state index contributed by atoms with van der Waals surface area (Å²) >= 11 is 0. The maximum absolute atomic E-state index is 11.6. The molecule has 0 aliphatic carbocycles. The molecule has 2 rings (SSSR count). The van der Waals surface area contributed by atoms with Gasteiger partial charge in [-0.3, -0.25) is 0 Å².